The summed E-state index contributed by atoms with van der Waals surface area (Å²) in [6.07, 6.45) is 1.75. The third-order valence-corrected chi connectivity index (χ3v) is 5.10. The van der Waals surface area contributed by atoms with E-state index in [4.69, 9.17) is 4.74 Å². The molecular formula is C17H28IN3O2S. The second-order valence-electron chi connectivity index (χ2n) is 5.79. The monoisotopic (exact) mass is 465 g/mol. The van der Waals surface area contributed by atoms with Crippen molar-refractivity contribution in [2.75, 3.05) is 45.7 Å². The van der Waals surface area contributed by atoms with Gasteiger partial charge in [-0.25, -0.2) is 0 Å². The number of guanidine groups is 1. The molecule has 1 aliphatic heterocycles. The van der Waals surface area contributed by atoms with E-state index in [9.17, 15) is 5.11 Å². The van der Waals surface area contributed by atoms with Crippen molar-refractivity contribution in [2.45, 2.75) is 17.7 Å². The maximum Gasteiger partial charge on any atom is 0.191 e. The van der Waals surface area contributed by atoms with Crippen molar-refractivity contribution in [1.29, 1.82) is 0 Å². The summed E-state index contributed by atoms with van der Waals surface area (Å²) in [6.45, 7) is 3.31. The fourth-order valence-electron chi connectivity index (χ4n) is 2.66. The quantitative estimate of drug-likeness (QED) is 0.181. The number of hydrogen-bond donors (Lipinski definition) is 3. The second kappa shape index (κ2) is 11.9. The summed E-state index contributed by atoms with van der Waals surface area (Å²) in [4.78, 5) is 5.55. The van der Waals surface area contributed by atoms with E-state index in [1.165, 1.54) is 4.90 Å². The molecule has 5 nitrogen and oxygen atoms in total. The van der Waals surface area contributed by atoms with Crippen LogP contribution in [-0.2, 0) is 4.74 Å². The van der Waals surface area contributed by atoms with E-state index >= 15 is 0 Å². The topological polar surface area (TPSA) is 65.9 Å². The standard InChI is InChI=1S/C17H27N3O2S.HI/c1-18-16(19-9-12-23-15-5-3-2-4-6-15)20-13-17(7-10-21)8-11-22-14-17;/h2-6,21H,7-14H2,1H3,(H2,18,19,20);1H. The molecule has 0 radical (unpaired) electrons. The maximum absolute atomic E-state index is 9.26. The zero-order chi connectivity index (χ0) is 16.4. The Labute approximate surface area is 166 Å². The lowest BCUT2D eigenvalue weighted by Crippen LogP contribution is -2.45. The number of halogens is 1. The van der Waals surface area contributed by atoms with Gasteiger partial charge >= 0.3 is 0 Å². The third kappa shape index (κ3) is 7.16. The fourth-order valence-corrected chi connectivity index (χ4v) is 3.45. The van der Waals surface area contributed by atoms with Gasteiger partial charge in [-0.1, -0.05) is 18.2 Å². The molecule has 0 aliphatic carbocycles. The summed E-state index contributed by atoms with van der Waals surface area (Å²) in [7, 11) is 1.78. The predicted octanol–water partition coefficient (Wildman–Crippen LogP) is 2.35. The van der Waals surface area contributed by atoms with E-state index in [1.54, 1.807) is 7.05 Å². The SMILES string of the molecule is CN=C(NCCSc1ccccc1)NCC1(CCO)CCOC1.I. The van der Waals surface area contributed by atoms with Crippen LogP contribution in [-0.4, -0.2) is 56.8 Å². The zero-order valence-electron chi connectivity index (χ0n) is 14.2. The molecular weight excluding hydrogens is 437 g/mol. The Bertz CT molecular complexity index is 482. The summed E-state index contributed by atoms with van der Waals surface area (Å²) in [5.74, 6) is 1.79. The molecule has 1 aromatic rings. The molecule has 1 heterocycles. The highest BCUT2D eigenvalue weighted by Gasteiger charge is 2.34. The van der Waals surface area contributed by atoms with Crippen LogP contribution in [0.1, 0.15) is 12.8 Å². The molecule has 1 saturated heterocycles. The minimum Gasteiger partial charge on any atom is -0.396 e. The average Bonchev–Trinajstić information content (AvgIpc) is 3.04. The van der Waals surface area contributed by atoms with Gasteiger partial charge in [0.05, 0.1) is 6.61 Å². The second-order valence-corrected chi connectivity index (χ2v) is 6.96. The van der Waals surface area contributed by atoms with Crippen LogP contribution < -0.4 is 10.6 Å². The highest BCUT2D eigenvalue weighted by molar-refractivity contribution is 14.0. The molecule has 0 spiro atoms. The van der Waals surface area contributed by atoms with Crippen LogP contribution in [0.15, 0.2) is 40.2 Å². The minimum absolute atomic E-state index is 0. The maximum atomic E-state index is 9.26. The van der Waals surface area contributed by atoms with Crippen molar-refractivity contribution < 1.29 is 9.84 Å². The predicted molar refractivity (Wildman–Crippen MR) is 112 cm³/mol. The van der Waals surface area contributed by atoms with Gasteiger partial charge in [0.1, 0.15) is 0 Å². The first-order valence-corrected chi connectivity index (χ1v) is 9.07. The van der Waals surface area contributed by atoms with Gasteiger partial charge in [-0.05, 0) is 25.0 Å². The van der Waals surface area contributed by atoms with Gasteiger partial charge in [-0.2, -0.15) is 0 Å². The van der Waals surface area contributed by atoms with Crippen molar-refractivity contribution in [3.63, 3.8) is 0 Å². The summed E-state index contributed by atoms with van der Waals surface area (Å²) >= 11 is 1.83. The highest BCUT2D eigenvalue weighted by atomic mass is 127. The van der Waals surface area contributed by atoms with E-state index < -0.39 is 0 Å². The summed E-state index contributed by atoms with van der Waals surface area (Å²) < 4.78 is 5.51. The molecule has 0 aromatic heterocycles. The number of aliphatic imine (C=N–C) groups is 1. The molecule has 136 valence electrons. The number of aliphatic hydroxyl groups is 1. The van der Waals surface area contributed by atoms with Gasteiger partial charge in [0.15, 0.2) is 5.96 Å². The fraction of sp³-hybridized carbons (Fsp3) is 0.588. The first kappa shape index (κ1) is 21.5. The first-order chi connectivity index (χ1) is 11.3. The van der Waals surface area contributed by atoms with E-state index in [0.29, 0.717) is 6.61 Å². The smallest absolute Gasteiger partial charge is 0.191 e. The molecule has 1 unspecified atom stereocenters. The zero-order valence-corrected chi connectivity index (χ0v) is 17.3. The normalized spacial score (nSPS) is 20.5. The van der Waals surface area contributed by atoms with Gasteiger partial charge in [0, 0.05) is 49.4 Å². The summed E-state index contributed by atoms with van der Waals surface area (Å²) in [5.41, 5.74) is 0.0329. The van der Waals surface area contributed by atoms with Crippen molar-refractivity contribution in [3.8, 4) is 0 Å². The Balaban J connectivity index is 0.00000288. The lowest BCUT2D eigenvalue weighted by molar-refractivity contribution is 0.127. The van der Waals surface area contributed by atoms with Crippen LogP contribution in [0, 0.1) is 5.41 Å². The van der Waals surface area contributed by atoms with E-state index in [-0.39, 0.29) is 36.0 Å². The lowest BCUT2D eigenvalue weighted by atomic mass is 9.84. The Morgan fingerprint density at radius 1 is 1.33 bits per heavy atom. The van der Waals surface area contributed by atoms with E-state index in [0.717, 1.165) is 44.3 Å². The van der Waals surface area contributed by atoms with Crippen LogP contribution >= 0.6 is 35.7 Å². The molecule has 1 aliphatic rings. The van der Waals surface area contributed by atoms with Gasteiger partial charge in [-0.3, -0.25) is 4.99 Å². The molecule has 3 N–H and O–H groups in total. The van der Waals surface area contributed by atoms with Crippen LogP contribution in [0.3, 0.4) is 0 Å². The molecule has 7 heteroatoms. The van der Waals surface area contributed by atoms with Gasteiger partial charge in [0.2, 0.25) is 0 Å². The van der Waals surface area contributed by atoms with Gasteiger partial charge < -0.3 is 20.5 Å². The Kier molecular flexibility index (Phi) is 10.7. The third-order valence-electron chi connectivity index (χ3n) is 4.09. The number of rotatable bonds is 8. The molecule has 0 saturated carbocycles. The van der Waals surface area contributed by atoms with Crippen LogP contribution in [0.25, 0.3) is 0 Å². The van der Waals surface area contributed by atoms with Crippen LogP contribution in [0.4, 0.5) is 0 Å². The molecule has 2 rings (SSSR count). The summed E-state index contributed by atoms with van der Waals surface area (Å²) in [5, 5.41) is 16.0. The highest BCUT2D eigenvalue weighted by Crippen LogP contribution is 2.31. The van der Waals surface area contributed by atoms with Crippen molar-refractivity contribution in [3.05, 3.63) is 30.3 Å². The van der Waals surface area contributed by atoms with Crippen LogP contribution in [0.2, 0.25) is 0 Å². The Morgan fingerprint density at radius 2 is 2.12 bits per heavy atom. The van der Waals surface area contributed by atoms with Crippen molar-refractivity contribution >= 4 is 41.7 Å². The molecule has 0 amide bonds. The molecule has 1 atom stereocenters. The minimum atomic E-state index is 0. The van der Waals surface area contributed by atoms with E-state index in [2.05, 4.69) is 39.9 Å². The average molecular weight is 465 g/mol. The first-order valence-electron chi connectivity index (χ1n) is 8.09. The van der Waals surface area contributed by atoms with Crippen LogP contribution in [0.5, 0.6) is 0 Å². The number of nitrogens with one attached hydrogen (secondary N) is 2. The largest absolute Gasteiger partial charge is 0.396 e. The van der Waals surface area contributed by atoms with Crippen molar-refractivity contribution in [1.82, 2.24) is 10.6 Å². The number of hydrogen-bond acceptors (Lipinski definition) is 4. The molecule has 24 heavy (non-hydrogen) atoms. The number of benzene rings is 1. The lowest BCUT2D eigenvalue weighted by Gasteiger charge is -2.27. The van der Waals surface area contributed by atoms with E-state index in [1.807, 2.05) is 17.8 Å². The molecule has 1 aromatic carbocycles. The molecule has 0 bridgehead atoms. The van der Waals surface area contributed by atoms with Gasteiger partial charge in [0.25, 0.3) is 0 Å². The molecule has 1 fully saturated rings. The Hall–Kier alpha value is -0.510. The number of nitrogens with zero attached hydrogens (tertiary/aromatic N) is 1. The number of ether oxygens (including phenoxy) is 1. The van der Waals surface area contributed by atoms with Gasteiger partial charge in [-0.15, -0.1) is 35.7 Å². The number of thioether (sulfide) groups is 1. The Morgan fingerprint density at radius 3 is 2.75 bits per heavy atom. The number of aliphatic hydroxyl groups excluding tert-OH is 1. The summed E-state index contributed by atoms with van der Waals surface area (Å²) in [6, 6.07) is 10.4. The van der Waals surface area contributed by atoms with Crippen molar-refractivity contribution in [2.24, 2.45) is 10.4 Å².